The van der Waals surface area contributed by atoms with Crippen molar-refractivity contribution in [1.29, 1.82) is 0 Å². The van der Waals surface area contributed by atoms with E-state index in [9.17, 15) is 4.79 Å². The van der Waals surface area contributed by atoms with Crippen LogP contribution in [-0.2, 0) is 4.79 Å². The summed E-state index contributed by atoms with van der Waals surface area (Å²) in [6.45, 7) is 7.46. The number of rotatable bonds is 5. The Morgan fingerprint density at radius 2 is 1.83 bits per heavy atom. The number of hydrogen-bond donors (Lipinski definition) is 2. The molecule has 0 saturated heterocycles. The summed E-state index contributed by atoms with van der Waals surface area (Å²) < 4.78 is 5.68. The number of hydrogen-bond acceptors (Lipinski definition) is 3. The predicted molar refractivity (Wildman–Crippen MR) is 72.4 cm³/mol. The number of amides is 1. The van der Waals surface area contributed by atoms with Crippen LogP contribution in [-0.4, -0.2) is 18.1 Å². The third kappa shape index (κ3) is 4.04. The smallest absolute Gasteiger partial charge is 0.260 e. The Balaban J connectivity index is 2.75. The highest BCUT2D eigenvalue weighted by Gasteiger charge is 2.17. The molecule has 4 nitrogen and oxygen atoms in total. The summed E-state index contributed by atoms with van der Waals surface area (Å²) in [5, 5.41) is 2.82. The summed E-state index contributed by atoms with van der Waals surface area (Å²) in [5.74, 6) is 0.545. The predicted octanol–water partition coefficient (Wildman–Crippen LogP) is 2.00. The third-order valence-electron chi connectivity index (χ3n) is 2.51. The molecule has 0 radical (unpaired) electrons. The van der Waals surface area contributed by atoms with Crippen molar-refractivity contribution in [2.75, 3.05) is 0 Å². The van der Waals surface area contributed by atoms with Gasteiger partial charge in [0, 0.05) is 17.6 Å². The molecule has 0 spiro atoms. The van der Waals surface area contributed by atoms with E-state index >= 15 is 0 Å². The standard InChI is InChI=1S/C14H22N2O2/c1-9(2)16-14(17)11(4)18-13-8-6-5-7-12(13)10(3)15/h5-11H,15H2,1-4H3,(H,16,17)/t10-,11?/m0/s1. The first-order valence-corrected chi connectivity index (χ1v) is 6.23. The van der Waals surface area contributed by atoms with E-state index in [0.717, 1.165) is 5.56 Å². The normalized spacial score (nSPS) is 14.1. The van der Waals surface area contributed by atoms with Crippen molar-refractivity contribution in [2.45, 2.75) is 45.9 Å². The number of benzene rings is 1. The fraction of sp³-hybridized carbons (Fsp3) is 0.500. The Bertz CT molecular complexity index is 403. The third-order valence-corrected chi connectivity index (χ3v) is 2.51. The van der Waals surface area contributed by atoms with Gasteiger partial charge in [0.15, 0.2) is 6.10 Å². The largest absolute Gasteiger partial charge is 0.481 e. The molecule has 0 aliphatic rings. The molecule has 1 aromatic rings. The van der Waals surface area contributed by atoms with Crippen LogP contribution in [0.1, 0.15) is 39.3 Å². The van der Waals surface area contributed by atoms with Gasteiger partial charge < -0.3 is 15.8 Å². The van der Waals surface area contributed by atoms with Crippen LogP contribution < -0.4 is 15.8 Å². The quantitative estimate of drug-likeness (QED) is 0.840. The van der Waals surface area contributed by atoms with Gasteiger partial charge in [0.05, 0.1) is 0 Å². The molecule has 0 saturated carbocycles. The summed E-state index contributed by atoms with van der Waals surface area (Å²) in [5.41, 5.74) is 6.77. The average molecular weight is 250 g/mol. The van der Waals surface area contributed by atoms with E-state index in [1.54, 1.807) is 6.92 Å². The van der Waals surface area contributed by atoms with Gasteiger partial charge in [-0.2, -0.15) is 0 Å². The minimum Gasteiger partial charge on any atom is -0.481 e. The highest BCUT2D eigenvalue weighted by Crippen LogP contribution is 2.24. The van der Waals surface area contributed by atoms with Gasteiger partial charge in [-0.25, -0.2) is 0 Å². The van der Waals surface area contributed by atoms with Crippen molar-refractivity contribution in [2.24, 2.45) is 5.73 Å². The van der Waals surface area contributed by atoms with Crippen LogP contribution in [0.5, 0.6) is 5.75 Å². The fourth-order valence-corrected chi connectivity index (χ4v) is 1.61. The van der Waals surface area contributed by atoms with E-state index in [2.05, 4.69) is 5.32 Å². The SMILES string of the molecule is CC(C)NC(=O)C(C)Oc1ccccc1[C@H](C)N. The molecule has 1 aromatic carbocycles. The van der Waals surface area contributed by atoms with Crippen LogP contribution >= 0.6 is 0 Å². The highest BCUT2D eigenvalue weighted by molar-refractivity contribution is 5.80. The lowest BCUT2D eigenvalue weighted by atomic mass is 10.1. The average Bonchev–Trinajstić information content (AvgIpc) is 2.28. The van der Waals surface area contributed by atoms with E-state index in [0.29, 0.717) is 5.75 Å². The van der Waals surface area contributed by atoms with Gasteiger partial charge in [0.1, 0.15) is 5.75 Å². The zero-order valence-electron chi connectivity index (χ0n) is 11.4. The molecule has 3 N–H and O–H groups in total. The highest BCUT2D eigenvalue weighted by atomic mass is 16.5. The molecule has 100 valence electrons. The van der Waals surface area contributed by atoms with Crippen molar-refractivity contribution in [3.05, 3.63) is 29.8 Å². The molecule has 1 amide bonds. The lowest BCUT2D eigenvalue weighted by molar-refractivity contribution is -0.127. The zero-order chi connectivity index (χ0) is 13.7. The van der Waals surface area contributed by atoms with E-state index in [-0.39, 0.29) is 18.0 Å². The van der Waals surface area contributed by atoms with Gasteiger partial charge in [-0.05, 0) is 33.8 Å². The first-order valence-electron chi connectivity index (χ1n) is 6.23. The fourth-order valence-electron chi connectivity index (χ4n) is 1.61. The Morgan fingerprint density at radius 3 is 2.39 bits per heavy atom. The van der Waals surface area contributed by atoms with Crippen LogP contribution in [0.4, 0.5) is 0 Å². The zero-order valence-corrected chi connectivity index (χ0v) is 11.4. The van der Waals surface area contributed by atoms with Gasteiger partial charge in [0.25, 0.3) is 5.91 Å². The molecule has 0 aromatic heterocycles. The monoisotopic (exact) mass is 250 g/mol. The molecule has 1 unspecified atom stereocenters. The van der Waals surface area contributed by atoms with Crippen molar-refractivity contribution < 1.29 is 9.53 Å². The molecule has 2 atom stereocenters. The van der Waals surface area contributed by atoms with Gasteiger partial charge in [-0.15, -0.1) is 0 Å². The van der Waals surface area contributed by atoms with Crippen LogP contribution in [0.25, 0.3) is 0 Å². The Hall–Kier alpha value is -1.55. The molecular weight excluding hydrogens is 228 g/mol. The lowest BCUT2D eigenvalue weighted by Gasteiger charge is -2.19. The second kappa shape index (κ2) is 6.40. The Kier molecular flexibility index (Phi) is 5.16. The summed E-state index contributed by atoms with van der Waals surface area (Å²) in [4.78, 5) is 11.8. The van der Waals surface area contributed by atoms with Crippen molar-refractivity contribution in [3.63, 3.8) is 0 Å². The molecule has 0 heterocycles. The number of carbonyl (C=O) groups excluding carboxylic acids is 1. The van der Waals surface area contributed by atoms with Gasteiger partial charge in [-0.1, -0.05) is 18.2 Å². The minimum atomic E-state index is -0.535. The molecule has 18 heavy (non-hydrogen) atoms. The van der Waals surface area contributed by atoms with Crippen molar-refractivity contribution >= 4 is 5.91 Å². The molecule has 1 rings (SSSR count). The second-order valence-corrected chi connectivity index (χ2v) is 4.75. The number of carbonyl (C=O) groups is 1. The van der Waals surface area contributed by atoms with E-state index in [1.807, 2.05) is 45.0 Å². The van der Waals surface area contributed by atoms with E-state index in [4.69, 9.17) is 10.5 Å². The number of nitrogens with two attached hydrogens (primary N) is 1. The first kappa shape index (κ1) is 14.5. The van der Waals surface area contributed by atoms with Crippen LogP contribution in [0, 0.1) is 0 Å². The molecule has 4 heteroatoms. The Labute approximate surface area is 109 Å². The van der Waals surface area contributed by atoms with Crippen molar-refractivity contribution in [1.82, 2.24) is 5.32 Å². The summed E-state index contributed by atoms with van der Waals surface area (Å²) in [6.07, 6.45) is -0.535. The molecular formula is C14H22N2O2. The lowest BCUT2D eigenvalue weighted by Crippen LogP contribution is -2.40. The molecule has 0 bridgehead atoms. The number of ether oxygens (including phenoxy) is 1. The summed E-state index contributed by atoms with van der Waals surface area (Å²) in [7, 11) is 0. The second-order valence-electron chi connectivity index (χ2n) is 4.75. The maximum absolute atomic E-state index is 11.8. The first-order chi connectivity index (χ1) is 8.41. The maximum atomic E-state index is 11.8. The van der Waals surface area contributed by atoms with Gasteiger partial charge in [-0.3, -0.25) is 4.79 Å². The summed E-state index contributed by atoms with van der Waals surface area (Å²) >= 11 is 0. The van der Waals surface area contributed by atoms with Gasteiger partial charge >= 0.3 is 0 Å². The van der Waals surface area contributed by atoms with Crippen LogP contribution in [0.15, 0.2) is 24.3 Å². The van der Waals surface area contributed by atoms with E-state index < -0.39 is 6.10 Å². The van der Waals surface area contributed by atoms with Gasteiger partial charge in [0.2, 0.25) is 0 Å². The van der Waals surface area contributed by atoms with Crippen molar-refractivity contribution in [3.8, 4) is 5.75 Å². The number of nitrogens with one attached hydrogen (secondary N) is 1. The topological polar surface area (TPSA) is 64.3 Å². The maximum Gasteiger partial charge on any atom is 0.260 e. The van der Waals surface area contributed by atoms with Crippen LogP contribution in [0.3, 0.4) is 0 Å². The summed E-state index contributed by atoms with van der Waals surface area (Å²) in [6, 6.07) is 7.50. The molecule has 0 aliphatic carbocycles. The molecule has 0 aliphatic heterocycles. The van der Waals surface area contributed by atoms with E-state index in [1.165, 1.54) is 0 Å². The van der Waals surface area contributed by atoms with Crippen LogP contribution in [0.2, 0.25) is 0 Å². The molecule has 0 fully saturated rings. The minimum absolute atomic E-state index is 0.104. The number of para-hydroxylation sites is 1. The Morgan fingerprint density at radius 1 is 1.22 bits per heavy atom.